The van der Waals surface area contributed by atoms with E-state index in [4.69, 9.17) is 29.4 Å². The van der Waals surface area contributed by atoms with Gasteiger partial charge in [-0.05, 0) is 0 Å². The van der Waals surface area contributed by atoms with Crippen LogP contribution in [0.3, 0.4) is 0 Å². The third kappa shape index (κ3) is 10.3. The minimum absolute atomic E-state index is 0.149. The summed E-state index contributed by atoms with van der Waals surface area (Å²) in [5, 5.41) is 0. The maximum absolute atomic E-state index is 11.1. The quantitative estimate of drug-likeness (QED) is 0.278. The molecule has 6 N–H and O–H groups in total. The highest BCUT2D eigenvalue weighted by molar-refractivity contribution is 7.72. The van der Waals surface area contributed by atoms with Crippen LogP contribution in [0.2, 0.25) is 0 Å². The van der Waals surface area contributed by atoms with Crippen molar-refractivity contribution >= 4 is 38.9 Å². The molecule has 0 aromatic rings. The van der Waals surface area contributed by atoms with Crippen LogP contribution in [0.1, 0.15) is 0 Å². The lowest BCUT2D eigenvalue weighted by Gasteiger charge is -2.18. The van der Waals surface area contributed by atoms with Crippen molar-refractivity contribution in [2.24, 2.45) is 0 Å². The Balaban J connectivity index is 5.12. The van der Waals surface area contributed by atoms with Gasteiger partial charge in [-0.3, -0.25) is 4.57 Å². The molecule has 0 aromatic heterocycles. The fraction of sp³-hybridized carbons (Fsp3) is 0. The normalized spacial score (nSPS) is 23.5. The molecule has 0 rings (SSSR count). The Labute approximate surface area is 121 Å². The van der Waals surface area contributed by atoms with E-state index in [1.165, 1.54) is 0 Å². The molecule has 0 fully saturated rings. The summed E-state index contributed by atoms with van der Waals surface area (Å²) >= 11 is 0. The van der Waals surface area contributed by atoms with Crippen molar-refractivity contribution in [3.05, 3.63) is 12.4 Å². The first-order valence-corrected chi connectivity index (χ1v) is 11.9. The average Bonchev–Trinajstić information content (AvgIpc) is 2.06. The summed E-state index contributed by atoms with van der Waals surface area (Å²) in [7, 11) is -28.3. The minimum Gasteiger partial charge on any atom is -0.321 e. The molecular formula is C2H9O15P5. The minimum atomic E-state index is -6.00. The van der Waals surface area contributed by atoms with Gasteiger partial charge in [0.25, 0.3) is 0 Å². The molecule has 0 amide bonds. The lowest BCUT2D eigenvalue weighted by Crippen LogP contribution is -1.97. The highest BCUT2D eigenvalue weighted by Gasteiger charge is 2.46. The largest absolute Gasteiger partial charge is 0.490 e. The first kappa shape index (κ1) is 22.5. The fourth-order valence-corrected chi connectivity index (χ4v) is 6.39. The molecule has 22 heavy (non-hydrogen) atoms. The molecule has 0 aliphatic rings. The van der Waals surface area contributed by atoms with E-state index in [1.54, 1.807) is 0 Å². The predicted octanol–water partition coefficient (Wildman–Crippen LogP) is 0.776. The molecule has 0 saturated carbocycles. The van der Waals surface area contributed by atoms with Gasteiger partial charge in [-0.1, -0.05) is 6.58 Å². The van der Waals surface area contributed by atoms with E-state index in [1.807, 2.05) is 0 Å². The van der Waals surface area contributed by atoms with E-state index in [2.05, 4.69) is 23.8 Å². The lowest BCUT2D eigenvalue weighted by molar-refractivity contribution is 0.194. The van der Waals surface area contributed by atoms with E-state index in [0.29, 0.717) is 0 Å². The second kappa shape index (κ2) is 7.16. The van der Waals surface area contributed by atoms with Crippen LogP contribution in [0.15, 0.2) is 12.4 Å². The van der Waals surface area contributed by atoms with Crippen LogP contribution in [0.25, 0.3) is 0 Å². The van der Waals surface area contributed by atoms with E-state index in [-0.39, 0.29) is 5.82 Å². The average molecular weight is 428 g/mol. The number of rotatable bonds is 9. The highest BCUT2D eigenvalue weighted by atomic mass is 31.3. The molecule has 0 heterocycles. The first-order chi connectivity index (χ1) is 9.39. The lowest BCUT2D eigenvalue weighted by atomic mass is 11.3. The van der Waals surface area contributed by atoms with Gasteiger partial charge in [0.05, 0.1) is 0 Å². The van der Waals surface area contributed by atoms with Crippen LogP contribution in [-0.4, -0.2) is 29.4 Å². The summed E-state index contributed by atoms with van der Waals surface area (Å²) in [6.45, 7) is 2.73. The molecule has 15 nitrogen and oxygen atoms in total. The molecule has 0 radical (unpaired) electrons. The van der Waals surface area contributed by atoms with Gasteiger partial charge in [-0.2, -0.15) is 12.9 Å². The van der Waals surface area contributed by atoms with Crippen molar-refractivity contribution in [3.63, 3.8) is 0 Å². The van der Waals surface area contributed by atoms with Gasteiger partial charge >= 0.3 is 38.9 Å². The zero-order chi connectivity index (χ0) is 18.0. The van der Waals surface area contributed by atoms with E-state index in [0.717, 1.165) is 0 Å². The standard InChI is InChI=1S/C2H9O15P5/c1-2-18(3,4)14-20(8,9)16-22(12,13)17-21(10,11)15-19(5,6)7/h2H,1H2,(H,3,4)(H,8,9)(H,10,11)(H,12,13)(H2,5,6,7). The Morgan fingerprint density at radius 3 is 1.27 bits per heavy atom. The van der Waals surface area contributed by atoms with Gasteiger partial charge in [0.2, 0.25) is 0 Å². The maximum Gasteiger partial charge on any atom is 0.490 e. The molecule has 0 bridgehead atoms. The Morgan fingerprint density at radius 2 is 0.955 bits per heavy atom. The van der Waals surface area contributed by atoms with Gasteiger partial charge in [0.15, 0.2) is 0 Å². The topological polar surface area (TPSA) is 244 Å². The van der Waals surface area contributed by atoms with Crippen molar-refractivity contribution in [2.75, 3.05) is 0 Å². The SMILES string of the molecule is C=CP(=O)(O)OP(=O)(O)OP(=O)(O)OP(=O)(O)OP(=O)(O)O. The molecule has 132 valence electrons. The smallest absolute Gasteiger partial charge is 0.321 e. The summed E-state index contributed by atoms with van der Waals surface area (Å²) in [6.07, 6.45) is 0. The van der Waals surface area contributed by atoms with Gasteiger partial charge in [-0.15, -0.1) is 0 Å². The molecule has 0 aliphatic heterocycles. The molecular weight excluding hydrogens is 419 g/mol. The van der Waals surface area contributed by atoms with Crippen molar-refractivity contribution < 1.29 is 69.4 Å². The fourth-order valence-electron chi connectivity index (χ4n) is 0.621. The van der Waals surface area contributed by atoms with Crippen LogP contribution >= 0.6 is 38.9 Å². The molecule has 4 unspecified atom stereocenters. The first-order valence-electron chi connectivity index (χ1n) is 4.24. The highest BCUT2D eigenvalue weighted by Crippen LogP contribution is 2.73. The van der Waals surface area contributed by atoms with Gasteiger partial charge in [0.1, 0.15) is 0 Å². The third-order valence-electron chi connectivity index (χ3n) is 1.07. The van der Waals surface area contributed by atoms with Crippen LogP contribution < -0.4 is 0 Å². The summed E-state index contributed by atoms with van der Waals surface area (Å²) < 4.78 is 67.7. The number of hydrogen-bond donors (Lipinski definition) is 6. The Morgan fingerprint density at radius 1 is 0.636 bits per heavy atom. The Kier molecular flexibility index (Phi) is 7.32. The van der Waals surface area contributed by atoms with Crippen molar-refractivity contribution in [2.45, 2.75) is 0 Å². The van der Waals surface area contributed by atoms with Crippen molar-refractivity contribution in [1.82, 2.24) is 0 Å². The Bertz CT molecular complexity index is 653. The summed E-state index contributed by atoms with van der Waals surface area (Å²) in [5.41, 5.74) is 0. The van der Waals surface area contributed by atoms with Crippen molar-refractivity contribution in [1.29, 1.82) is 0 Å². The van der Waals surface area contributed by atoms with Gasteiger partial charge < -0.3 is 29.4 Å². The molecule has 20 heteroatoms. The van der Waals surface area contributed by atoms with Crippen LogP contribution in [-0.2, 0) is 40.1 Å². The predicted molar refractivity (Wildman–Crippen MR) is 65.9 cm³/mol. The van der Waals surface area contributed by atoms with Gasteiger partial charge in [0, 0.05) is 5.82 Å². The maximum atomic E-state index is 11.1. The number of phosphoric acid groups is 4. The number of hydrogen-bond acceptors (Lipinski definition) is 9. The summed E-state index contributed by atoms with van der Waals surface area (Å²) in [4.78, 5) is 51.8. The molecule has 0 aliphatic carbocycles. The monoisotopic (exact) mass is 428 g/mol. The molecule has 0 aromatic carbocycles. The second-order valence-electron chi connectivity index (χ2n) is 2.97. The van der Waals surface area contributed by atoms with Crippen LogP contribution in [0.5, 0.6) is 0 Å². The Hall–Kier alpha value is 0.490. The van der Waals surface area contributed by atoms with Gasteiger partial charge in [-0.25, -0.2) is 22.6 Å². The zero-order valence-electron chi connectivity index (χ0n) is 9.88. The van der Waals surface area contributed by atoms with E-state index >= 15 is 0 Å². The summed E-state index contributed by atoms with van der Waals surface area (Å²) in [6, 6.07) is 0. The summed E-state index contributed by atoms with van der Waals surface area (Å²) in [5.74, 6) is 0.149. The van der Waals surface area contributed by atoms with E-state index in [9.17, 15) is 22.8 Å². The van der Waals surface area contributed by atoms with Crippen LogP contribution in [0.4, 0.5) is 0 Å². The molecule has 0 saturated heterocycles. The van der Waals surface area contributed by atoms with Crippen LogP contribution in [0, 0.1) is 0 Å². The second-order valence-corrected chi connectivity index (χ2v) is 10.9. The van der Waals surface area contributed by atoms with Crippen molar-refractivity contribution in [3.8, 4) is 0 Å². The molecule has 4 atom stereocenters. The third-order valence-corrected chi connectivity index (χ3v) is 8.27. The zero-order valence-corrected chi connectivity index (χ0v) is 14.4. The molecule has 0 spiro atoms. The van der Waals surface area contributed by atoms with E-state index < -0.39 is 38.9 Å².